The molecule has 78 valence electrons. The smallest absolute Gasteiger partial charge is 0.306 e. The van der Waals surface area contributed by atoms with E-state index in [4.69, 9.17) is 0 Å². The van der Waals surface area contributed by atoms with Crippen molar-refractivity contribution in [1.82, 2.24) is 4.90 Å². The van der Waals surface area contributed by atoms with E-state index >= 15 is 0 Å². The third-order valence-electron chi connectivity index (χ3n) is 2.31. The van der Waals surface area contributed by atoms with Crippen LogP contribution in [0.4, 0.5) is 0 Å². The minimum atomic E-state index is -0.0967. The maximum atomic E-state index is 10.8. The van der Waals surface area contributed by atoms with Gasteiger partial charge in [0.15, 0.2) is 0 Å². The summed E-state index contributed by atoms with van der Waals surface area (Å²) in [5.41, 5.74) is 0. The minimum absolute atomic E-state index is 0. The molecule has 0 unspecified atom stereocenters. The van der Waals surface area contributed by atoms with Crippen LogP contribution in [-0.2, 0) is 9.53 Å². The molecule has 0 atom stereocenters. The second-order valence-corrected chi connectivity index (χ2v) is 3.23. The van der Waals surface area contributed by atoms with E-state index in [1.165, 1.54) is 26.4 Å². The van der Waals surface area contributed by atoms with Crippen LogP contribution in [0.3, 0.4) is 0 Å². The maximum Gasteiger partial charge on any atom is 0.306 e. The zero-order valence-corrected chi connectivity index (χ0v) is 8.94. The highest BCUT2D eigenvalue weighted by molar-refractivity contribution is 5.85. The van der Waals surface area contributed by atoms with E-state index in [-0.39, 0.29) is 18.4 Å². The van der Waals surface area contributed by atoms with Crippen LogP contribution < -0.4 is 0 Å². The Hall–Kier alpha value is -0.280. The average Bonchev–Trinajstić information content (AvgIpc) is 2.16. The molecule has 1 fully saturated rings. The highest BCUT2D eigenvalue weighted by atomic mass is 35.5. The molecule has 0 spiro atoms. The molecule has 0 radical (unpaired) electrons. The summed E-state index contributed by atoms with van der Waals surface area (Å²) in [5.74, 6) is -0.0967. The lowest BCUT2D eigenvalue weighted by Gasteiger charge is -2.25. The standard InChI is InChI=1S/C9H17NO2.ClH/c1-12-9(11)5-8-10-6-3-2-4-7-10;/h2-8H2,1H3;1H. The molecule has 0 aromatic heterocycles. The van der Waals surface area contributed by atoms with Crippen LogP contribution in [0.1, 0.15) is 25.7 Å². The molecule has 1 aliphatic heterocycles. The van der Waals surface area contributed by atoms with Gasteiger partial charge in [-0.1, -0.05) is 6.42 Å². The van der Waals surface area contributed by atoms with E-state index < -0.39 is 0 Å². The number of carbonyl (C=O) groups is 1. The number of ether oxygens (including phenoxy) is 1. The van der Waals surface area contributed by atoms with Gasteiger partial charge < -0.3 is 9.64 Å². The molecular formula is C9H18ClNO2. The van der Waals surface area contributed by atoms with Gasteiger partial charge in [-0.25, -0.2) is 0 Å². The Labute approximate surface area is 85.8 Å². The predicted molar refractivity (Wildman–Crippen MR) is 54.2 cm³/mol. The molecule has 0 saturated carbocycles. The normalized spacial score (nSPS) is 17.6. The summed E-state index contributed by atoms with van der Waals surface area (Å²) in [6, 6.07) is 0. The molecule has 0 aromatic rings. The van der Waals surface area contributed by atoms with Gasteiger partial charge in [0.25, 0.3) is 0 Å². The van der Waals surface area contributed by atoms with Crippen molar-refractivity contribution in [2.75, 3.05) is 26.7 Å². The molecule has 0 bridgehead atoms. The van der Waals surface area contributed by atoms with Gasteiger partial charge in [-0.3, -0.25) is 4.79 Å². The second kappa shape index (κ2) is 7.15. The third kappa shape index (κ3) is 5.11. The summed E-state index contributed by atoms with van der Waals surface area (Å²) < 4.78 is 4.58. The fraction of sp³-hybridized carbons (Fsp3) is 0.889. The van der Waals surface area contributed by atoms with Gasteiger partial charge >= 0.3 is 5.97 Å². The molecule has 1 heterocycles. The summed E-state index contributed by atoms with van der Waals surface area (Å²) in [6.07, 6.45) is 4.44. The van der Waals surface area contributed by atoms with Crippen molar-refractivity contribution in [3.05, 3.63) is 0 Å². The van der Waals surface area contributed by atoms with Gasteiger partial charge in [-0.15, -0.1) is 12.4 Å². The Morgan fingerprint density at radius 2 is 1.92 bits per heavy atom. The lowest BCUT2D eigenvalue weighted by atomic mass is 10.1. The van der Waals surface area contributed by atoms with Crippen molar-refractivity contribution in [3.8, 4) is 0 Å². The lowest BCUT2D eigenvalue weighted by molar-refractivity contribution is -0.141. The number of hydrogen-bond donors (Lipinski definition) is 0. The Bertz CT molecular complexity index is 147. The number of halogens is 1. The summed E-state index contributed by atoms with van der Waals surface area (Å²) in [7, 11) is 1.44. The van der Waals surface area contributed by atoms with Gasteiger partial charge in [-0.05, 0) is 25.9 Å². The maximum absolute atomic E-state index is 10.8. The van der Waals surface area contributed by atoms with Crippen LogP contribution in [-0.4, -0.2) is 37.6 Å². The topological polar surface area (TPSA) is 29.5 Å². The average molecular weight is 208 g/mol. The van der Waals surface area contributed by atoms with Crippen LogP contribution in [0, 0.1) is 0 Å². The number of hydrogen-bond acceptors (Lipinski definition) is 3. The second-order valence-electron chi connectivity index (χ2n) is 3.23. The quantitative estimate of drug-likeness (QED) is 0.657. The SMILES string of the molecule is COC(=O)CCN1CCCCC1.Cl. The van der Waals surface area contributed by atoms with Crippen molar-refractivity contribution in [3.63, 3.8) is 0 Å². The Balaban J connectivity index is 0.00000144. The number of carbonyl (C=O) groups excluding carboxylic acids is 1. The fourth-order valence-corrected chi connectivity index (χ4v) is 1.53. The first-order valence-corrected chi connectivity index (χ1v) is 4.62. The van der Waals surface area contributed by atoms with Gasteiger partial charge in [0, 0.05) is 6.54 Å². The monoisotopic (exact) mass is 207 g/mol. The lowest BCUT2D eigenvalue weighted by Crippen LogP contribution is -2.31. The number of methoxy groups -OCH3 is 1. The fourth-order valence-electron chi connectivity index (χ4n) is 1.53. The first-order chi connectivity index (χ1) is 5.83. The number of piperidine rings is 1. The van der Waals surface area contributed by atoms with Crippen LogP contribution in [0.2, 0.25) is 0 Å². The summed E-state index contributed by atoms with van der Waals surface area (Å²) in [5, 5.41) is 0. The van der Waals surface area contributed by atoms with Crippen molar-refractivity contribution < 1.29 is 9.53 Å². The Kier molecular flexibility index (Phi) is 7.00. The molecular weight excluding hydrogens is 190 g/mol. The molecule has 0 N–H and O–H groups in total. The predicted octanol–water partition coefficient (Wildman–Crippen LogP) is 1.46. The number of nitrogens with zero attached hydrogens (tertiary/aromatic N) is 1. The number of likely N-dealkylation sites (tertiary alicyclic amines) is 1. The Morgan fingerprint density at radius 1 is 1.31 bits per heavy atom. The third-order valence-corrected chi connectivity index (χ3v) is 2.31. The highest BCUT2D eigenvalue weighted by Gasteiger charge is 2.11. The number of esters is 1. The van der Waals surface area contributed by atoms with Crippen LogP contribution >= 0.6 is 12.4 Å². The zero-order chi connectivity index (χ0) is 8.81. The molecule has 1 aliphatic rings. The van der Waals surface area contributed by atoms with E-state index in [0.29, 0.717) is 6.42 Å². The zero-order valence-electron chi connectivity index (χ0n) is 8.12. The molecule has 3 nitrogen and oxygen atoms in total. The first-order valence-electron chi connectivity index (χ1n) is 4.62. The summed E-state index contributed by atoms with van der Waals surface area (Å²) in [6.45, 7) is 3.17. The molecule has 0 aliphatic carbocycles. The first kappa shape index (κ1) is 12.7. The van der Waals surface area contributed by atoms with Gasteiger partial charge in [-0.2, -0.15) is 0 Å². The van der Waals surface area contributed by atoms with Crippen molar-refractivity contribution in [1.29, 1.82) is 0 Å². The van der Waals surface area contributed by atoms with Gasteiger partial charge in [0.05, 0.1) is 13.5 Å². The molecule has 1 saturated heterocycles. The van der Waals surface area contributed by atoms with E-state index in [9.17, 15) is 4.79 Å². The van der Waals surface area contributed by atoms with Crippen molar-refractivity contribution in [2.45, 2.75) is 25.7 Å². The van der Waals surface area contributed by atoms with Crippen LogP contribution in [0.25, 0.3) is 0 Å². The van der Waals surface area contributed by atoms with Crippen LogP contribution in [0.15, 0.2) is 0 Å². The van der Waals surface area contributed by atoms with Gasteiger partial charge in [0.1, 0.15) is 0 Å². The van der Waals surface area contributed by atoms with E-state index in [1.54, 1.807) is 0 Å². The summed E-state index contributed by atoms with van der Waals surface area (Å²) in [4.78, 5) is 13.1. The van der Waals surface area contributed by atoms with Crippen molar-refractivity contribution >= 4 is 18.4 Å². The number of rotatable bonds is 3. The summed E-state index contributed by atoms with van der Waals surface area (Å²) >= 11 is 0. The molecule has 0 aromatic carbocycles. The van der Waals surface area contributed by atoms with E-state index in [0.717, 1.165) is 19.6 Å². The molecule has 4 heteroatoms. The van der Waals surface area contributed by atoms with Crippen LogP contribution in [0.5, 0.6) is 0 Å². The molecule has 13 heavy (non-hydrogen) atoms. The Morgan fingerprint density at radius 3 is 2.46 bits per heavy atom. The van der Waals surface area contributed by atoms with Crippen molar-refractivity contribution in [2.24, 2.45) is 0 Å². The largest absolute Gasteiger partial charge is 0.469 e. The highest BCUT2D eigenvalue weighted by Crippen LogP contribution is 2.08. The molecule has 0 amide bonds. The molecule has 1 rings (SSSR count). The van der Waals surface area contributed by atoms with Gasteiger partial charge in [0.2, 0.25) is 0 Å². The van der Waals surface area contributed by atoms with E-state index in [2.05, 4.69) is 9.64 Å². The minimum Gasteiger partial charge on any atom is -0.469 e. The van der Waals surface area contributed by atoms with E-state index in [1.807, 2.05) is 0 Å².